The lowest BCUT2D eigenvalue weighted by atomic mass is 10.1. The van der Waals surface area contributed by atoms with Gasteiger partial charge in [0.15, 0.2) is 12.4 Å². The number of nitro groups is 1. The van der Waals surface area contributed by atoms with Crippen LogP contribution in [0.4, 0.5) is 11.4 Å². The second-order valence-electron chi connectivity index (χ2n) is 6.98. The first-order valence-corrected chi connectivity index (χ1v) is 9.63. The Hall–Kier alpha value is -3.52. The Labute approximate surface area is 187 Å². The van der Waals surface area contributed by atoms with Gasteiger partial charge < -0.3 is 17.3 Å². The molecule has 1 heterocycles. The van der Waals surface area contributed by atoms with Gasteiger partial charge in [0.05, 0.1) is 23.3 Å². The molecule has 0 saturated carbocycles. The molecule has 31 heavy (non-hydrogen) atoms. The highest BCUT2D eigenvalue weighted by Crippen LogP contribution is 2.13. The van der Waals surface area contributed by atoms with Crippen LogP contribution in [0.15, 0.2) is 71.1 Å². The quantitative estimate of drug-likeness (QED) is 0.232. The molecule has 162 valence electrons. The highest BCUT2D eigenvalue weighted by molar-refractivity contribution is 5.98. The first-order chi connectivity index (χ1) is 14.4. The van der Waals surface area contributed by atoms with Crippen LogP contribution in [0.5, 0.6) is 0 Å². The lowest BCUT2D eigenvalue weighted by molar-refractivity contribution is -0.685. The van der Waals surface area contributed by atoms with Crippen LogP contribution < -0.4 is 22.0 Å². The Morgan fingerprint density at radius 2 is 1.81 bits per heavy atom. The lowest BCUT2D eigenvalue weighted by Gasteiger charge is -2.11. The summed E-state index contributed by atoms with van der Waals surface area (Å²) in [5, 5.41) is 20.0. The third-order valence-corrected chi connectivity index (χ3v) is 4.69. The fourth-order valence-corrected chi connectivity index (χ4v) is 2.95. The van der Waals surface area contributed by atoms with Gasteiger partial charge in [0, 0.05) is 31.9 Å². The summed E-state index contributed by atoms with van der Waals surface area (Å²) in [7, 11) is 4.02. The molecular formula is C22H25ClN6O2. The van der Waals surface area contributed by atoms with E-state index in [0.717, 1.165) is 34.8 Å². The smallest absolute Gasteiger partial charge is 0.307 e. The summed E-state index contributed by atoms with van der Waals surface area (Å²) in [5.41, 5.74) is 3.79. The van der Waals surface area contributed by atoms with Crippen molar-refractivity contribution >= 4 is 23.3 Å². The minimum atomic E-state index is -0.410. The standard InChI is InChI=1S/C22H25N6O2.ClH/c1-5-22-26(23-16-18-6-10-20(11-7-18)25(3)4)14-15-27(22)24-17(2)19-8-12-21(13-9-19)28(29)30;/h6-16H,5H2,1-4H3;1H/q+1;/p-1/b23-16+,24-17+;. The Balaban J connectivity index is 0.00000341. The van der Waals surface area contributed by atoms with E-state index in [0.29, 0.717) is 0 Å². The highest BCUT2D eigenvalue weighted by Gasteiger charge is 2.16. The summed E-state index contributed by atoms with van der Waals surface area (Å²) in [4.78, 5) is 12.5. The molecule has 3 aromatic rings. The van der Waals surface area contributed by atoms with E-state index in [9.17, 15) is 10.1 Å². The van der Waals surface area contributed by atoms with Crippen LogP contribution in [0.25, 0.3) is 0 Å². The summed E-state index contributed by atoms with van der Waals surface area (Å²) in [6.45, 7) is 3.92. The van der Waals surface area contributed by atoms with E-state index >= 15 is 0 Å². The van der Waals surface area contributed by atoms with Gasteiger partial charge in [-0.15, -0.1) is 9.35 Å². The molecule has 0 bridgehead atoms. The van der Waals surface area contributed by atoms with Crippen LogP contribution >= 0.6 is 0 Å². The predicted octanol–water partition coefficient (Wildman–Crippen LogP) is 0.471. The molecule has 9 heteroatoms. The normalized spacial score (nSPS) is 11.4. The van der Waals surface area contributed by atoms with Crippen LogP contribution in [0.2, 0.25) is 0 Å². The molecule has 1 aromatic heterocycles. The molecule has 0 fully saturated rings. The van der Waals surface area contributed by atoms with E-state index < -0.39 is 4.92 Å². The van der Waals surface area contributed by atoms with Gasteiger partial charge in [-0.3, -0.25) is 10.1 Å². The average Bonchev–Trinajstić information content (AvgIpc) is 3.13. The van der Waals surface area contributed by atoms with Gasteiger partial charge in [-0.25, -0.2) is 0 Å². The summed E-state index contributed by atoms with van der Waals surface area (Å²) in [6, 6.07) is 14.5. The molecule has 0 atom stereocenters. The molecule has 2 aromatic carbocycles. The fourth-order valence-electron chi connectivity index (χ4n) is 2.95. The van der Waals surface area contributed by atoms with Crippen molar-refractivity contribution in [3.63, 3.8) is 0 Å². The monoisotopic (exact) mass is 440 g/mol. The highest BCUT2D eigenvalue weighted by atomic mass is 35.5. The molecule has 0 unspecified atom stereocenters. The van der Waals surface area contributed by atoms with E-state index in [1.54, 1.807) is 21.5 Å². The van der Waals surface area contributed by atoms with Crippen LogP contribution in [-0.2, 0) is 6.42 Å². The Morgan fingerprint density at radius 3 is 2.35 bits per heavy atom. The maximum Gasteiger partial charge on any atom is 0.307 e. The molecule has 0 aliphatic rings. The number of hydrogen-bond acceptors (Lipinski definition) is 5. The van der Waals surface area contributed by atoms with Crippen molar-refractivity contribution in [3.05, 3.63) is 88.0 Å². The second kappa shape index (κ2) is 10.5. The topological polar surface area (TPSA) is 79.9 Å². The van der Waals surface area contributed by atoms with Crippen molar-refractivity contribution in [2.45, 2.75) is 20.3 Å². The van der Waals surface area contributed by atoms with E-state index in [1.165, 1.54) is 12.1 Å². The molecule has 0 amide bonds. The van der Waals surface area contributed by atoms with Crippen molar-refractivity contribution in [3.8, 4) is 0 Å². The summed E-state index contributed by atoms with van der Waals surface area (Å²) < 4.78 is 3.58. The number of anilines is 1. The zero-order valence-electron chi connectivity index (χ0n) is 17.9. The molecule has 0 saturated heterocycles. The van der Waals surface area contributed by atoms with Crippen molar-refractivity contribution in [1.29, 1.82) is 0 Å². The number of non-ortho nitro benzene ring substituents is 1. The van der Waals surface area contributed by atoms with Gasteiger partial charge in [0.2, 0.25) is 0 Å². The van der Waals surface area contributed by atoms with Gasteiger partial charge in [0.1, 0.15) is 0 Å². The number of nitro benzene ring substituents is 1. The second-order valence-corrected chi connectivity index (χ2v) is 6.98. The number of rotatable bonds is 7. The van der Waals surface area contributed by atoms with Gasteiger partial charge in [-0.05, 0) is 42.3 Å². The number of halogens is 1. The van der Waals surface area contributed by atoms with Crippen molar-refractivity contribution in [1.82, 2.24) is 4.68 Å². The molecule has 0 aliphatic heterocycles. The van der Waals surface area contributed by atoms with E-state index in [-0.39, 0.29) is 18.1 Å². The Morgan fingerprint density at radius 1 is 1.16 bits per heavy atom. The summed E-state index contributed by atoms with van der Waals surface area (Å²) in [6.07, 6.45) is 6.26. The van der Waals surface area contributed by atoms with Crippen LogP contribution in [0.1, 0.15) is 30.8 Å². The molecule has 3 rings (SSSR count). The molecule has 0 spiro atoms. The van der Waals surface area contributed by atoms with Crippen LogP contribution in [-0.4, -0.2) is 35.6 Å². The third-order valence-electron chi connectivity index (χ3n) is 4.69. The van der Waals surface area contributed by atoms with Crippen LogP contribution in [0.3, 0.4) is 0 Å². The van der Waals surface area contributed by atoms with E-state index in [1.807, 2.05) is 58.7 Å². The van der Waals surface area contributed by atoms with Gasteiger partial charge in [-0.1, -0.05) is 29.3 Å². The van der Waals surface area contributed by atoms with Crippen LogP contribution in [0, 0.1) is 10.1 Å². The third kappa shape index (κ3) is 5.76. The minimum Gasteiger partial charge on any atom is -1.00 e. The predicted molar refractivity (Wildman–Crippen MR) is 118 cm³/mol. The largest absolute Gasteiger partial charge is 1.00 e. The molecule has 0 radical (unpaired) electrons. The first-order valence-electron chi connectivity index (χ1n) is 9.63. The lowest BCUT2D eigenvalue weighted by Crippen LogP contribution is -3.00. The zero-order chi connectivity index (χ0) is 21.7. The number of hydrogen-bond donors (Lipinski definition) is 0. The number of nitrogens with zero attached hydrogens (tertiary/aromatic N) is 6. The Kier molecular flexibility index (Phi) is 8.04. The number of aromatic nitrogens is 2. The maximum absolute atomic E-state index is 10.8. The van der Waals surface area contributed by atoms with Crippen molar-refractivity contribution in [2.24, 2.45) is 10.2 Å². The molecule has 8 nitrogen and oxygen atoms in total. The van der Waals surface area contributed by atoms with Crippen molar-refractivity contribution < 1.29 is 22.0 Å². The van der Waals surface area contributed by atoms with E-state index in [2.05, 4.69) is 27.2 Å². The zero-order valence-corrected chi connectivity index (χ0v) is 18.7. The SMILES string of the molecule is CCc1n(/N=C/c2ccc(N(C)C)cc2)cc[n+]1/N=C(\C)c1ccc([N+](=O)[O-])cc1.[Cl-]. The van der Waals surface area contributed by atoms with Gasteiger partial charge in [-0.2, -0.15) is 0 Å². The summed E-state index contributed by atoms with van der Waals surface area (Å²) >= 11 is 0. The first kappa shape index (κ1) is 23.8. The fraction of sp³-hybridized carbons (Fsp3) is 0.227. The van der Waals surface area contributed by atoms with Gasteiger partial charge >= 0.3 is 5.82 Å². The van der Waals surface area contributed by atoms with Crippen molar-refractivity contribution in [2.75, 3.05) is 19.0 Å². The van der Waals surface area contributed by atoms with Gasteiger partial charge in [0.25, 0.3) is 5.69 Å². The van der Waals surface area contributed by atoms with E-state index in [4.69, 9.17) is 0 Å². The average molecular weight is 441 g/mol. The minimum absolute atomic E-state index is 0. The summed E-state index contributed by atoms with van der Waals surface area (Å²) in [5.74, 6) is 0.914. The Bertz CT molecular complexity index is 1090. The molecular weight excluding hydrogens is 416 g/mol. The number of benzene rings is 2. The molecule has 0 N–H and O–H groups in total. The number of imidazole rings is 1. The molecule has 0 aliphatic carbocycles. The maximum atomic E-state index is 10.8.